The minimum Gasteiger partial charge on any atom is -0.506 e. The van der Waals surface area contributed by atoms with Gasteiger partial charge in [0.15, 0.2) is 0 Å². The number of rotatable bonds is 2. The highest BCUT2D eigenvalue weighted by Gasteiger charge is 2.22. The zero-order valence-corrected chi connectivity index (χ0v) is 8.36. The van der Waals surface area contributed by atoms with Crippen LogP contribution in [0.15, 0.2) is 24.3 Å². The number of hydrogen-bond donors (Lipinski definition) is 3. The van der Waals surface area contributed by atoms with Crippen molar-refractivity contribution in [1.29, 1.82) is 0 Å². The maximum atomic E-state index is 11.7. The first-order valence-electron chi connectivity index (χ1n) is 5.07. The molecule has 0 aliphatic carbocycles. The quantitative estimate of drug-likeness (QED) is 0.631. The lowest BCUT2D eigenvalue weighted by Crippen LogP contribution is -2.24. The van der Waals surface area contributed by atoms with Crippen molar-refractivity contribution < 1.29 is 9.90 Å². The van der Waals surface area contributed by atoms with Crippen LogP contribution in [0, 0.1) is 5.92 Å². The van der Waals surface area contributed by atoms with Crippen molar-refractivity contribution in [1.82, 2.24) is 5.32 Å². The first kappa shape index (κ1) is 9.98. The van der Waals surface area contributed by atoms with Gasteiger partial charge >= 0.3 is 0 Å². The van der Waals surface area contributed by atoms with E-state index in [1.807, 2.05) is 0 Å². The van der Waals surface area contributed by atoms with Crippen LogP contribution in [-0.4, -0.2) is 24.1 Å². The Morgan fingerprint density at radius 3 is 2.93 bits per heavy atom. The van der Waals surface area contributed by atoms with Crippen molar-refractivity contribution >= 4 is 11.6 Å². The van der Waals surface area contributed by atoms with Crippen molar-refractivity contribution in [2.24, 2.45) is 5.92 Å². The lowest BCUT2D eigenvalue weighted by Gasteiger charge is -2.10. The van der Waals surface area contributed by atoms with Gasteiger partial charge in [0.05, 0.1) is 11.6 Å². The second-order valence-electron chi connectivity index (χ2n) is 3.70. The molecule has 1 fully saturated rings. The number of hydrogen-bond acceptors (Lipinski definition) is 3. The lowest BCUT2D eigenvalue weighted by atomic mass is 10.1. The third-order valence-corrected chi connectivity index (χ3v) is 2.59. The van der Waals surface area contributed by atoms with Gasteiger partial charge in [-0.15, -0.1) is 0 Å². The molecule has 1 heterocycles. The Balaban J connectivity index is 2.02. The number of amides is 1. The monoisotopic (exact) mass is 206 g/mol. The number of nitrogens with one attached hydrogen (secondary N) is 2. The summed E-state index contributed by atoms with van der Waals surface area (Å²) >= 11 is 0. The predicted molar refractivity (Wildman–Crippen MR) is 57.7 cm³/mol. The molecule has 1 unspecified atom stereocenters. The van der Waals surface area contributed by atoms with Gasteiger partial charge in [0.1, 0.15) is 5.75 Å². The van der Waals surface area contributed by atoms with Crippen LogP contribution in [0.5, 0.6) is 5.75 Å². The SMILES string of the molecule is O=C(Nc1ccccc1O)C1CCNC1. The minimum absolute atomic E-state index is 0.0182. The Bertz CT molecular complexity index is 359. The Morgan fingerprint density at radius 2 is 2.27 bits per heavy atom. The Kier molecular flexibility index (Phi) is 2.87. The summed E-state index contributed by atoms with van der Waals surface area (Å²) < 4.78 is 0. The highest BCUT2D eigenvalue weighted by atomic mass is 16.3. The van der Waals surface area contributed by atoms with Gasteiger partial charge in [-0.2, -0.15) is 0 Å². The van der Waals surface area contributed by atoms with E-state index in [0.717, 1.165) is 19.5 Å². The molecule has 4 nitrogen and oxygen atoms in total. The highest BCUT2D eigenvalue weighted by Crippen LogP contribution is 2.22. The summed E-state index contributed by atoms with van der Waals surface area (Å²) in [5.74, 6) is 0.0999. The summed E-state index contributed by atoms with van der Waals surface area (Å²) in [4.78, 5) is 11.7. The number of carbonyl (C=O) groups excluding carboxylic acids is 1. The highest BCUT2D eigenvalue weighted by molar-refractivity contribution is 5.94. The first-order valence-corrected chi connectivity index (χ1v) is 5.07. The zero-order valence-electron chi connectivity index (χ0n) is 8.36. The molecule has 1 aliphatic rings. The summed E-state index contributed by atoms with van der Waals surface area (Å²) in [6.45, 7) is 1.61. The number of para-hydroxylation sites is 2. The molecule has 80 valence electrons. The van der Waals surface area contributed by atoms with Crippen LogP contribution in [0.4, 0.5) is 5.69 Å². The lowest BCUT2D eigenvalue weighted by molar-refractivity contribution is -0.119. The van der Waals surface area contributed by atoms with E-state index in [1.165, 1.54) is 0 Å². The predicted octanol–water partition coefficient (Wildman–Crippen LogP) is 0.940. The smallest absolute Gasteiger partial charge is 0.228 e. The van der Waals surface area contributed by atoms with Gasteiger partial charge in [0.2, 0.25) is 5.91 Å². The van der Waals surface area contributed by atoms with Crippen LogP contribution in [0.25, 0.3) is 0 Å². The molecule has 1 amide bonds. The molecule has 0 saturated carbocycles. The molecule has 1 saturated heterocycles. The van der Waals surface area contributed by atoms with E-state index >= 15 is 0 Å². The summed E-state index contributed by atoms with van der Waals surface area (Å²) in [6, 6.07) is 6.75. The van der Waals surface area contributed by atoms with Gasteiger partial charge in [-0.05, 0) is 25.1 Å². The number of anilines is 1. The number of aromatic hydroxyl groups is 1. The van der Waals surface area contributed by atoms with E-state index in [-0.39, 0.29) is 17.6 Å². The number of phenols is 1. The van der Waals surface area contributed by atoms with E-state index in [4.69, 9.17) is 0 Å². The molecular formula is C11H14N2O2. The Hall–Kier alpha value is -1.55. The van der Waals surface area contributed by atoms with Crippen LogP contribution in [0.3, 0.4) is 0 Å². The second kappa shape index (κ2) is 4.31. The summed E-state index contributed by atoms with van der Waals surface area (Å²) in [5.41, 5.74) is 0.481. The van der Waals surface area contributed by atoms with Gasteiger partial charge in [-0.3, -0.25) is 4.79 Å². The molecule has 15 heavy (non-hydrogen) atoms. The molecule has 1 aliphatic heterocycles. The molecular weight excluding hydrogens is 192 g/mol. The largest absolute Gasteiger partial charge is 0.506 e. The molecule has 1 aromatic carbocycles. The molecule has 3 N–H and O–H groups in total. The summed E-state index contributed by atoms with van der Waals surface area (Å²) in [5, 5.41) is 15.3. The maximum absolute atomic E-state index is 11.7. The van der Waals surface area contributed by atoms with E-state index in [1.54, 1.807) is 24.3 Å². The van der Waals surface area contributed by atoms with Crippen LogP contribution >= 0.6 is 0 Å². The van der Waals surface area contributed by atoms with Crippen LogP contribution < -0.4 is 10.6 Å². The van der Waals surface area contributed by atoms with E-state index in [2.05, 4.69) is 10.6 Å². The molecule has 1 aromatic rings. The summed E-state index contributed by atoms with van der Waals surface area (Å²) in [7, 11) is 0. The van der Waals surface area contributed by atoms with Crippen molar-refractivity contribution in [2.75, 3.05) is 18.4 Å². The maximum Gasteiger partial charge on any atom is 0.228 e. The summed E-state index contributed by atoms with van der Waals surface area (Å²) in [6.07, 6.45) is 0.861. The fourth-order valence-electron chi connectivity index (χ4n) is 1.69. The average molecular weight is 206 g/mol. The molecule has 4 heteroatoms. The van der Waals surface area contributed by atoms with E-state index in [0.29, 0.717) is 5.69 Å². The molecule has 2 rings (SSSR count). The number of phenolic OH excluding ortho intramolecular Hbond substituents is 1. The standard InChI is InChI=1S/C11H14N2O2/c14-10-4-2-1-3-9(10)13-11(15)8-5-6-12-7-8/h1-4,8,12,14H,5-7H2,(H,13,15). The van der Waals surface area contributed by atoms with E-state index in [9.17, 15) is 9.90 Å². The normalized spacial score (nSPS) is 20.1. The van der Waals surface area contributed by atoms with Crippen LogP contribution in [-0.2, 0) is 4.79 Å². The van der Waals surface area contributed by atoms with Gasteiger partial charge in [0, 0.05) is 6.54 Å². The molecule has 0 bridgehead atoms. The first-order chi connectivity index (χ1) is 7.27. The Labute approximate surface area is 88.3 Å². The average Bonchev–Trinajstić information content (AvgIpc) is 2.74. The van der Waals surface area contributed by atoms with Crippen molar-refractivity contribution in [2.45, 2.75) is 6.42 Å². The van der Waals surface area contributed by atoms with Crippen molar-refractivity contribution in [3.05, 3.63) is 24.3 Å². The van der Waals surface area contributed by atoms with E-state index < -0.39 is 0 Å². The molecule has 0 aromatic heterocycles. The fourth-order valence-corrected chi connectivity index (χ4v) is 1.69. The second-order valence-corrected chi connectivity index (χ2v) is 3.70. The van der Waals surface area contributed by atoms with Crippen molar-refractivity contribution in [3.63, 3.8) is 0 Å². The van der Waals surface area contributed by atoms with Crippen LogP contribution in [0.1, 0.15) is 6.42 Å². The fraction of sp³-hybridized carbons (Fsp3) is 0.364. The number of benzene rings is 1. The number of carbonyl (C=O) groups is 1. The third-order valence-electron chi connectivity index (χ3n) is 2.59. The molecule has 0 spiro atoms. The van der Waals surface area contributed by atoms with Crippen LogP contribution in [0.2, 0.25) is 0 Å². The topological polar surface area (TPSA) is 61.4 Å². The van der Waals surface area contributed by atoms with Crippen molar-refractivity contribution in [3.8, 4) is 5.75 Å². The Morgan fingerprint density at radius 1 is 1.47 bits per heavy atom. The third kappa shape index (κ3) is 2.27. The zero-order chi connectivity index (χ0) is 10.7. The minimum atomic E-state index is -0.0264. The van der Waals surface area contributed by atoms with Gasteiger partial charge in [-0.25, -0.2) is 0 Å². The molecule has 0 radical (unpaired) electrons. The van der Waals surface area contributed by atoms with Gasteiger partial charge in [-0.1, -0.05) is 12.1 Å². The van der Waals surface area contributed by atoms with Gasteiger partial charge < -0.3 is 15.7 Å². The van der Waals surface area contributed by atoms with Gasteiger partial charge in [0.25, 0.3) is 0 Å². The molecule has 1 atom stereocenters.